The Labute approximate surface area is 156 Å². The summed E-state index contributed by atoms with van der Waals surface area (Å²) in [7, 11) is 0. The zero-order chi connectivity index (χ0) is 18.6. The summed E-state index contributed by atoms with van der Waals surface area (Å²) in [5, 5.41) is 3.53. The molecule has 0 aliphatic carbocycles. The SMILES string of the molecule is C=C/C=C\C=C(/C)C(C)(C)CC(C)(C)N1CCC2(CCNCC2)CC1. The van der Waals surface area contributed by atoms with Gasteiger partial charge in [0.25, 0.3) is 0 Å². The van der Waals surface area contributed by atoms with Gasteiger partial charge >= 0.3 is 0 Å². The molecule has 0 unspecified atom stereocenters. The number of likely N-dealkylation sites (tertiary alicyclic amines) is 1. The van der Waals surface area contributed by atoms with Crippen molar-refractivity contribution in [1.82, 2.24) is 10.2 Å². The minimum Gasteiger partial charge on any atom is -0.317 e. The van der Waals surface area contributed by atoms with Crippen molar-refractivity contribution in [3.05, 3.63) is 36.5 Å². The van der Waals surface area contributed by atoms with E-state index in [-0.39, 0.29) is 11.0 Å². The molecule has 0 radical (unpaired) electrons. The summed E-state index contributed by atoms with van der Waals surface area (Å²) < 4.78 is 0. The van der Waals surface area contributed by atoms with Gasteiger partial charge in [0.2, 0.25) is 0 Å². The van der Waals surface area contributed by atoms with E-state index in [0.29, 0.717) is 5.41 Å². The lowest BCUT2D eigenvalue weighted by Crippen LogP contribution is -2.53. The molecule has 2 aliphatic rings. The van der Waals surface area contributed by atoms with Gasteiger partial charge in [0.05, 0.1) is 0 Å². The number of nitrogens with one attached hydrogen (secondary N) is 1. The number of hydrogen-bond acceptors (Lipinski definition) is 2. The predicted octanol–water partition coefficient (Wildman–Crippen LogP) is 5.34. The standard InChI is InChI=1S/C23H40N2/c1-7-8-9-10-20(2)21(3,4)19-22(5,6)25-17-13-23(14-18-25)11-15-24-16-12-23/h7-10,24H,1,11-19H2,2-6H3/b9-8-,20-10+. The highest BCUT2D eigenvalue weighted by Crippen LogP contribution is 2.43. The van der Waals surface area contributed by atoms with E-state index in [4.69, 9.17) is 0 Å². The number of hydrogen-bond donors (Lipinski definition) is 1. The van der Waals surface area contributed by atoms with Crippen molar-refractivity contribution in [2.45, 2.75) is 72.3 Å². The van der Waals surface area contributed by atoms with Crippen LogP contribution in [0.5, 0.6) is 0 Å². The zero-order valence-corrected chi connectivity index (χ0v) is 17.3. The molecule has 0 aromatic heterocycles. The first kappa shape index (κ1) is 20.5. The molecule has 2 aliphatic heterocycles. The molecule has 2 rings (SSSR count). The first-order valence-corrected chi connectivity index (χ1v) is 10.1. The van der Waals surface area contributed by atoms with Gasteiger partial charge in [-0.2, -0.15) is 0 Å². The van der Waals surface area contributed by atoms with E-state index in [0.717, 1.165) is 0 Å². The van der Waals surface area contributed by atoms with E-state index in [1.165, 1.54) is 63.9 Å². The van der Waals surface area contributed by atoms with Crippen molar-refractivity contribution in [1.29, 1.82) is 0 Å². The molecule has 1 N–H and O–H groups in total. The third-order valence-electron chi connectivity index (χ3n) is 6.88. The fourth-order valence-electron chi connectivity index (χ4n) is 4.88. The molecule has 0 aromatic rings. The molecule has 1 spiro atoms. The number of rotatable bonds is 6. The summed E-state index contributed by atoms with van der Waals surface area (Å²) in [5.41, 5.74) is 2.54. The van der Waals surface area contributed by atoms with Crippen molar-refractivity contribution < 1.29 is 0 Å². The van der Waals surface area contributed by atoms with Crippen LogP contribution in [0.2, 0.25) is 0 Å². The largest absolute Gasteiger partial charge is 0.317 e. The molecule has 0 amide bonds. The molecule has 2 heteroatoms. The highest BCUT2D eigenvalue weighted by molar-refractivity contribution is 5.20. The monoisotopic (exact) mass is 344 g/mol. The first-order chi connectivity index (χ1) is 11.7. The van der Waals surface area contributed by atoms with Gasteiger partial charge in [0.15, 0.2) is 0 Å². The first-order valence-electron chi connectivity index (χ1n) is 10.1. The summed E-state index contributed by atoms with van der Waals surface area (Å²) in [5.74, 6) is 0. The lowest BCUT2D eigenvalue weighted by molar-refractivity contribution is 0.00383. The fraction of sp³-hybridized carbons (Fsp3) is 0.739. The molecule has 0 saturated carbocycles. The highest BCUT2D eigenvalue weighted by Gasteiger charge is 2.41. The van der Waals surface area contributed by atoms with Crippen molar-refractivity contribution in [3.8, 4) is 0 Å². The Morgan fingerprint density at radius 2 is 1.64 bits per heavy atom. The van der Waals surface area contributed by atoms with Crippen LogP contribution in [0.15, 0.2) is 36.5 Å². The topological polar surface area (TPSA) is 15.3 Å². The van der Waals surface area contributed by atoms with Gasteiger partial charge in [-0.3, -0.25) is 4.90 Å². The van der Waals surface area contributed by atoms with E-state index in [1.54, 1.807) is 0 Å². The Hall–Kier alpha value is -0.860. The third-order valence-corrected chi connectivity index (χ3v) is 6.88. The smallest absolute Gasteiger partial charge is 0.0161 e. The molecule has 2 heterocycles. The van der Waals surface area contributed by atoms with E-state index in [1.807, 2.05) is 12.2 Å². The maximum Gasteiger partial charge on any atom is 0.0161 e. The molecule has 142 valence electrons. The highest BCUT2D eigenvalue weighted by atomic mass is 15.2. The van der Waals surface area contributed by atoms with Crippen molar-refractivity contribution in [2.75, 3.05) is 26.2 Å². The second kappa shape index (κ2) is 8.22. The quantitative estimate of drug-likeness (QED) is 0.655. The van der Waals surface area contributed by atoms with Crippen LogP contribution >= 0.6 is 0 Å². The predicted molar refractivity (Wildman–Crippen MR) is 111 cm³/mol. The lowest BCUT2D eigenvalue weighted by Gasteiger charge is -2.51. The van der Waals surface area contributed by atoms with Gasteiger partial charge in [-0.25, -0.2) is 0 Å². The van der Waals surface area contributed by atoms with Crippen LogP contribution in [0.1, 0.15) is 66.7 Å². The van der Waals surface area contributed by atoms with Crippen LogP contribution < -0.4 is 5.32 Å². The zero-order valence-electron chi connectivity index (χ0n) is 17.3. The molecule has 0 aromatic carbocycles. The Balaban J connectivity index is 1.97. The van der Waals surface area contributed by atoms with E-state index >= 15 is 0 Å². The molecular weight excluding hydrogens is 304 g/mol. The number of piperidine rings is 2. The second-order valence-corrected chi connectivity index (χ2v) is 9.58. The second-order valence-electron chi connectivity index (χ2n) is 9.58. The van der Waals surface area contributed by atoms with Crippen LogP contribution in [-0.2, 0) is 0 Å². The van der Waals surface area contributed by atoms with E-state index < -0.39 is 0 Å². The normalized spacial score (nSPS) is 23.3. The Kier molecular flexibility index (Phi) is 6.73. The summed E-state index contributed by atoms with van der Waals surface area (Å²) in [6.45, 7) is 20.7. The Morgan fingerprint density at radius 1 is 1.04 bits per heavy atom. The molecule has 0 atom stereocenters. The molecule has 25 heavy (non-hydrogen) atoms. The maximum absolute atomic E-state index is 3.75. The molecule has 2 fully saturated rings. The Bertz CT molecular complexity index is 494. The molecule has 2 nitrogen and oxygen atoms in total. The summed E-state index contributed by atoms with van der Waals surface area (Å²) in [6, 6.07) is 0. The van der Waals surface area contributed by atoms with Crippen LogP contribution in [0, 0.1) is 10.8 Å². The van der Waals surface area contributed by atoms with E-state index in [9.17, 15) is 0 Å². The average Bonchev–Trinajstić information content (AvgIpc) is 2.55. The summed E-state index contributed by atoms with van der Waals surface area (Å²) in [6.07, 6.45) is 14.9. The van der Waals surface area contributed by atoms with Gasteiger partial charge in [-0.15, -0.1) is 0 Å². The van der Waals surface area contributed by atoms with Gasteiger partial charge in [0, 0.05) is 5.54 Å². The lowest BCUT2D eigenvalue weighted by atomic mass is 9.69. The summed E-state index contributed by atoms with van der Waals surface area (Å²) in [4.78, 5) is 2.76. The number of allylic oxidation sites excluding steroid dienone is 5. The summed E-state index contributed by atoms with van der Waals surface area (Å²) >= 11 is 0. The van der Waals surface area contributed by atoms with Crippen molar-refractivity contribution >= 4 is 0 Å². The molecule has 2 saturated heterocycles. The van der Waals surface area contributed by atoms with Gasteiger partial charge in [-0.1, -0.05) is 50.3 Å². The van der Waals surface area contributed by atoms with E-state index in [2.05, 4.69) is 63.6 Å². The van der Waals surface area contributed by atoms with Crippen LogP contribution in [0.3, 0.4) is 0 Å². The molecule has 0 bridgehead atoms. The third kappa shape index (κ3) is 5.31. The Morgan fingerprint density at radius 3 is 2.20 bits per heavy atom. The van der Waals surface area contributed by atoms with Crippen molar-refractivity contribution in [3.63, 3.8) is 0 Å². The average molecular weight is 345 g/mol. The minimum atomic E-state index is 0.207. The van der Waals surface area contributed by atoms with Gasteiger partial charge < -0.3 is 5.32 Å². The number of nitrogens with zero attached hydrogens (tertiary/aromatic N) is 1. The fourth-order valence-corrected chi connectivity index (χ4v) is 4.88. The van der Waals surface area contributed by atoms with Crippen LogP contribution in [0.4, 0.5) is 0 Å². The van der Waals surface area contributed by atoms with Crippen LogP contribution in [-0.4, -0.2) is 36.6 Å². The van der Waals surface area contributed by atoms with Crippen molar-refractivity contribution in [2.24, 2.45) is 10.8 Å². The maximum atomic E-state index is 3.75. The molecular formula is C23H40N2. The van der Waals surface area contributed by atoms with Gasteiger partial charge in [0.1, 0.15) is 0 Å². The van der Waals surface area contributed by atoms with Gasteiger partial charge in [-0.05, 0) is 89.9 Å². The van der Waals surface area contributed by atoms with Crippen LogP contribution in [0.25, 0.3) is 0 Å². The minimum absolute atomic E-state index is 0.207.